The molecule has 0 spiro atoms. The summed E-state index contributed by atoms with van der Waals surface area (Å²) in [6.45, 7) is 8.82. The van der Waals surface area contributed by atoms with Crippen molar-refractivity contribution >= 4 is 6.09 Å². The van der Waals surface area contributed by atoms with Crippen molar-refractivity contribution in [1.29, 1.82) is 0 Å². The zero-order chi connectivity index (χ0) is 14.5. The summed E-state index contributed by atoms with van der Waals surface area (Å²) in [7, 11) is 0. The molecule has 0 saturated carbocycles. The molecule has 0 unspecified atom stereocenters. The normalized spacial score (nSPS) is 33.2. The smallest absolute Gasteiger partial charge is 0.412 e. The molecule has 3 rings (SSSR count). The third-order valence-corrected chi connectivity index (χ3v) is 4.28. The largest absolute Gasteiger partial charge is 0.447 e. The number of epoxide rings is 1. The molecular weight excluding hydrogens is 254 g/mol. The van der Waals surface area contributed by atoms with Crippen LogP contribution < -0.4 is 0 Å². The first kappa shape index (κ1) is 13.4. The number of hydrogen-bond donors (Lipinski definition) is 0. The predicted octanol–water partition coefficient (Wildman–Crippen LogP) is 3.13. The highest BCUT2D eigenvalue weighted by molar-refractivity contribution is 5.71. The van der Waals surface area contributed by atoms with Crippen LogP contribution in [0.2, 0.25) is 0 Å². The summed E-state index contributed by atoms with van der Waals surface area (Å²) < 4.78 is 11.1. The number of rotatable bonds is 2. The van der Waals surface area contributed by atoms with Crippen molar-refractivity contribution in [3.63, 3.8) is 0 Å². The van der Waals surface area contributed by atoms with Gasteiger partial charge in [-0.25, -0.2) is 4.79 Å². The second kappa shape index (κ2) is 4.22. The molecule has 1 amide bonds. The van der Waals surface area contributed by atoms with Crippen LogP contribution >= 0.6 is 0 Å². The van der Waals surface area contributed by atoms with Crippen molar-refractivity contribution < 1.29 is 14.3 Å². The fourth-order valence-corrected chi connectivity index (χ4v) is 2.86. The fourth-order valence-electron chi connectivity index (χ4n) is 2.86. The van der Waals surface area contributed by atoms with Gasteiger partial charge in [-0.2, -0.15) is 0 Å². The first-order chi connectivity index (χ1) is 9.34. The third kappa shape index (κ3) is 1.99. The Morgan fingerprint density at radius 3 is 2.50 bits per heavy atom. The lowest BCUT2D eigenvalue weighted by Crippen LogP contribution is -2.45. The average molecular weight is 275 g/mol. The predicted molar refractivity (Wildman–Crippen MR) is 75.1 cm³/mol. The van der Waals surface area contributed by atoms with Gasteiger partial charge >= 0.3 is 6.09 Å². The molecule has 4 nitrogen and oxygen atoms in total. The zero-order valence-corrected chi connectivity index (χ0v) is 12.4. The Labute approximate surface area is 119 Å². The second-order valence-electron chi connectivity index (χ2n) is 6.81. The van der Waals surface area contributed by atoms with E-state index in [-0.39, 0.29) is 23.8 Å². The molecule has 0 aliphatic carbocycles. The lowest BCUT2D eigenvalue weighted by Gasteiger charge is -2.31. The fraction of sp³-hybridized carbons (Fsp3) is 0.562. The minimum atomic E-state index is -0.422. The van der Waals surface area contributed by atoms with Gasteiger partial charge in [-0.3, -0.25) is 4.90 Å². The van der Waals surface area contributed by atoms with Crippen molar-refractivity contribution in [2.45, 2.75) is 45.6 Å². The number of benzene rings is 1. The molecule has 20 heavy (non-hydrogen) atoms. The maximum atomic E-state index is 12.1. The van der Waals surface area contributed by atoms with Crippen LogP contribution in [0.3, 0.4) is 0 Å². The van der Waals surface area contributed by atoms with Gasteiger partial charge in [0.1, 0.15) is 12.2 Å². The van der Waals surface area contributed by atoms with E-state index in [1.54, 1.807) is 4.90 Å². The molecular formula is C16H21NO3. The lowest BCUT2D eigenvalue weighted by molar-refractivity contribution is 0.113. The summed E-state index contributed by atoms with van der Waals surface area (Å²) in [4.78, 5) is 13.8. The quantitative estimate of drug-likeness (QED) is 0.779. The number of carbonyl (C=O) groups excluding carboxylic acids is 1. The summed E-state index contributed by atoms with van der Waals surface area (Å²) in [5, 5.41) is 0. The number of cyclic esters (lactones) is 1. The minimum Gasteiger partial charge on any atom is -0.447 e. The standard InChI is InChI=1S/C16H21NO3/c1-15(2,3)12-10-19-14(18)17(12)13-16(4,20-13)11-8-6-5-7-9-11/h5-9,12-13H,10H2,1-4H3/t12-,13-,16-/m1/s1. The first-order valence-corrected chi connectivity index (χ1v) is 7.02. The van der Waals surface area contributed by atoms with E-state index < -0.39 is 5.60 Å². The zero-order valence-electron chi connectivity index (χ0n) is 12.4. The van der Waals surface area contributed by atoms with Gasteiger partial charge in [-0.15, -0.1) is 0 Å². The molecule has 1 aromatic rings. The van der Waals surface area contributed by atoms with Gasteiger partial charge < -0.3 is 9.47 Å². The van der Waals surface area contributed by atoms with Crippen molar-refractivity contribution in [3.05, 3.63) is 35.9 Å². The van der Waals surface area contributed by atoms with E-state index in [0.717, 1.165) is 5.56 Å². The molecule has 2 saturated heterocycles. The van der Waals surface area contributed by atoms with E-state index in [1.165, 1.54) is 0 Å². The Hall–Kier alpha value is -1.55. The van der Waals surface area contributed by atoms with Crippen LogP contribution in [-0.2, 0) is 15.1 Å². The van der Waals surface area contributed by atoms with E-state index in [9.17, 15) is 4.79 Å². The van der Waals surface area contributed by atoms with Crippen LogP contribution in [0.25, 0.3) is 0 Å². The van der Waals surface area contributed by atoms with Crippen molar-refractivity contribution in [1.82, 2.24) is 4.90 Å². The lowest BCUT2D eigenvalue weighted by atomic mass is 9.86. The summed E-state index contributed by atoms with van der Waals surface area (Å²) in [6.07, 6.45) is -0.501. The van der Waals surface area contributed by atoms with Gasteiger partial charge in [0.05, 0.1) is 6.04 Å². The summed E-state index contributed by atoms with van der Waals surface area (Å²) in [6, 6.07) is 10.1. The van der Waals surface area contributed by atoms with Gasteiger partial charge in [0.2, 0.25) is 0 Å². The number of hydrogen-bond acceptors (Lipinski definition) is 3. The third-order valence-electron chi connectivity index (χ3n) is 4.28. The van der Waals surface area contributed by atoms with E-state index in [1.807, 2.05) is 37.3 Å². The maximum Gasteiger partial charge on any atom is 0.412 e. The minimum absolute atomic E-state index is 0.0320. The monoisotopic (exact) mass is 275 g/mol. The van der Waals surface area contributed by atoms with Gasteiger partial charge in [0, 0.05) is 0 Å². The molecule has 0 aromatic heterocycles. The molecule has 0 radical (unpaired) electrons. The molecule has 0 N–H and O–H groups in total. The number of nitrogens with zero attached hydrogens (tertiary/aromatic N) is 1. The molecule has 3 atom stereocenters. The van der Waals surface area contributed by atoms with Gasteiger partial charge in [0.15, 0.2) is 6.23 Å². The molecule has 2 aliphatic rings. The van der Waals surface area contributed by atoms with Crippen LogP contribution in [0.4, 0.5) is 4.79 Å². The molecule has 1 aromatic carbocycles. The summed E-state index contributed by atoms with van der Waals surface area (Å²) in [5.74, 6) is 0. The summed E-state index contributed by atoms with van der Waals surface area (Å²) in [5.41, 5.74) is 0.640. The Kier molecular flexibility index (Phi) is 2.83. The number of amides is 1. The maximum absolute atomic E-state index is 12.1. The van der Waals surface area contributed by atoms with E-state index in [2.05, 4.69) is 20.8 Å². The number of ether oxygens (including phenoxy) is 2. The molecule has 2 aliphatic heterocycles. The van der Waals surface area contributed by atoms with Crippen LogP contribution in [0.1, 0.15) is 33.3 Å². The van der Waals surface area contributed by atoms with Crippen molar-refractivity contribution in [3.8, 4) is 0 Å². The highest BCUT2D eigenvalue weighted by Crippen LogP contribution is 2.50. The van der Waals surface area contributed by atoms with E-state index >= 15 is 0 Å². The van der Waals surface area contributed by atoms with Crippen LogP contribution in [0.15, 0.2) is 30.3 Å². The van der Waals surface area contributed by atoms with Crippen LogP contribution in [0, 0.1) is 5.41 Å². The molecule has 4 heteroatoms. The van der Waals surface area contributed by atoms with Gasteiger partial charge in [0.25, 0.3) is 0 Å². The summed E-state index contributed by atoms with van der Waals surface area (Å²) >= 11 is 0. The van der Waals surface area contributed by atoms with Crippen molar-refractivity contribution in [2.75, 3.05) is 6.61 Å². The van der Waals surface area contributed by atoms with Crippen LogP contribution in [-0.4, -0.2) is 29.9 Å². The molecule has 2 fully saturated rings. The Morgan fingerprint density at radius 1 is 1.25 bits per heavy atom. The highest BCUT2D eigenvalue weighted by atomic mass is 16.7. The average Bonchev–Trinajstić information content (AvgIpc) is 2.91. The van der Waals surface area contributed by atoms with Crippen LogP contribution in [0.5, 0.6) is 0 Å². The van der Waals surface area contributed by atoms with Crippen molar-refractivity contribution in [2.24, 2.45) is 5.41 Å². The molecule has 108 valence electrons. The highest BCUT2D eigenvalue weighted by Gasteiger charge is 2.62. The molecule has 2 heterocycles. The van der Waals surface area contributed by atoms with Gasteiger partial charge in [-0.1, -0.05) is 51.1 Å². The van der Waals surface area contributed by atoms with E-state index in [0.29, 0.717) is 6.61 Å². The number of carbonyl (C=O) groups is 1. The van der Waals surface area contributed by atoms with Gasteiger partial charge in [-0.05, 0) is 17.9 Å². The first-order valence-electron chi connectivity index (χ1n) is 7.02. The van der Waals surface area contributed by atoms with E-state index in [4.69, 9.17) is 9.47 Å². The SMILES string of the molecule is CC(C)(C)[C@H]1COC(=O)N1[C@@H]1O[C@]1(C)c1ccccc1. The Morgan fingerprint density at radius 2 is 1.90 bits per heavy atom. The Bertz CT molecular complexity index is 522. The topological polar surface area (TPSA) is 42.1 Å². The second-order valence-corrected chi connectivity index (χ2v) is 6.81. The molecule has 0 bridgehead atoms. The Balaban J connectivity index is 1.86.